The molecule has 1 saturated heterocycles. The van der Waals surface area contributed by atoms with Crippen LogP contribution >= 0.6 is 0 Å². The zero-order valence-electron chi connectivity index (χ0n) is 16.3. The van der Waals surface area contributed by atoms with Crippen LogP contribution in [0.25, 0.3) is 0 Å². The largest absolute Gasteiger partial charge is 0.433 e. The van der Waals surface area contributed by atoms with Gasteiger partial charge in [-0.2, -0.15) is 8.78 Å². The van der Waals surface area contributed by atoms with E-state index >= 15 is 0 Å². The number of aliphatic hydroxyl groups excluding tert-OH is 1. The maximum atomic E-state index is 12.6. The van der Waals surface area contributed by atoms with Gasteiger partial charge in [0.2, 0.25) is 5.91 Å². The van der Waals surface area contributed by atoms with Gasteiger partial charge in [0.15, 0.2) is 0 Å². The van der Waals surface area contributed by atoms with Gasteiger partial charge in [-0.05, 0) is 56.5 Å². The van der Waals surface area contributed by atoms with Crippen LogP contribution in [0.3, 0.4) is 0 Å². The van der Waals surface area contributed by atoms with E-state index in [1.54, 1.807) is 19.1 Å². The first-order valence-corrected chi connectivity index (χ1v) is 9.77. The molecule has 3 rings (SSSR count). The highest BCUT2D eigenvalue weighted by atomic mass is 19.3. The zero-order valence-corrected chi connectivity index (χ0v) is 16.3. The Bertz CT molecular complexity index is 796. The highest BCUT2D eigenvalue weighted by molar-refractivity contribution is 5.95. The zero-order chi connectivity index (χ0) is 20.8. The van der Waals surface area contributed by atoms with Crippen molar-refractivity contribution in [2.45, 2.75) is 38.5 Å². The van der Waals surface area contributed by atoms with E-state index < -0.39 is 18.8 Å². The van der Waals surface area contributed by atoms with E-state index in [0.717, 1.165) is 18.4 Å². The Morgan fingerprint density at radius 3 is 2.38 bits per heavy atom. The van der Waals surface area contributed by atoms with Gasteiger partial charge in [0, 0.05) is 0 Å². The lowest BCUT2D eigenvalue weighted by Crippen LogP contribution is -2.46. The third-order valence-electron chi connectivity index (χ3n) is 5.45. The smallest absolute Gasteiger partial charge is 0.387 e. The van der Waals surface area contributed by atoms with Crippen LogP contribution in [0.4, 0.5) is 14.5 Å². The molecule has 1 fully saturated rings. The van der Waals surface area contributed by atoms with E-state index in [4.69, 9.17) is 0 Å². The minimum absolute atomic E-state index is 0.0623. The summed E-state index contributed by atoms with van der Waals surface area (Å²) in [5.74, 6) is -0.200. The second-order valence-corrected chi connectivity index (χ2v) is 7.27. The standard InChI is InChI=1S/C22H26F2N2O3/c1-15(21(28)25-18-9-5-6-10-19(18)29-22(23)24)26-13-11-17(12-14-26)20(27)16-7-3-2-4-8-16/h2-10,15,17,20,22,27H,11-14H2,1H3,(H,25,28). The van der Waals surface area contributed by atoms with Crippen LogP contribution < -0.4 is 10.1 Å². The number of benzene rings is 2. The number of likely N-dealkylation sites (tertiary alicyclic amines) is 1. The topological polar surface area (TPSA) is 61.8 Å². The minimum Gasteiger partial charge on any atom is -0.433 e. The Hall–Kier alpha value is -2.51. The Morgan fingerprint density at radius 2 is 1.72 bits per heavy atom. The summed E-state index contributed by atoms with van der Waals surface area (Å²) < 4.78 is 29.6. The van der Waals surface area contributed by atoms with Crippen LogP contribution in [0.1, 0.15) is 31.4 Å². The van der Waals surface area contributed by atoms with Gasteiger partial charge in [-0.15, -0.1) is 0 Å². The molecule has 0 bridgehead atoms. The van der Waals surface area contributed by atoms with E-state index in [0.29, 0.717) is 13.1 Å². The molecule has 0 aliphatic carbocycles. The molecule has 2 aromatic rings. The van der Waals surface area contributed by atoms with E-state index in [-0.39, 0.29) is 23.3 Å². The summed E-state index contributed by atoms with van der Waals surface area (Å²) in [5, 5.41) is 13.3. The van der Waals surface area contributed by atoms with Crippen molar-refractivity contribution in [1.29, 1.82) is 0 Å². The predicted octanol–water partition coefficient (Wildman–Crippen LogP) is 4.06. The summed E-state index contributed by atoms with van der Waals surface area (Å²) >= 11 is 0. The summed E-state index contributed by atoms with van der Waals surface area (Å²) in [4.78, 5) is 14.7. The van der Waals surface area contributed by atoms with E-state index in [1.165, 1.54) is 12.1 Å². The van der Waals surface area contributed by atoms with Crippen molar-refractivity contribution in [3.63, 3.8) is 0 Å². The summed E-state index contributed by atoms with van der Waals surface area (Å²) in [5.41, 5.74) is 1.13. The number of nitrogens with one attached hydrogen (secondary N) is 1. The van der Waals surface area contributed by atoms with Crippen LogP contribution in [0, 0.1) is 5.92 Å². The number of anilines is 1. The third-order valence-corrected chi connectivity index (χ3v) is 5.45. The molecule has 2 N–H and O–H groups in total. The Morgan fingerprint density at radius 1 is 1.10 bits per heavy atom. The number of para-hydroxylation sites is 2. The number of piperidine rings is 1. The second-order valence-electron chi connectivity index (χ2n) is 7.27. The van der Waals surface area contributed by atoms with E-state index in [2.05, 4.69) is 10.1 Å². The van der Waals surface area contributed by atoms with Gasteiger partial charge < -0.3 is 15.2 Å². The highest BCUT2D eigenvalue weighted by Gasteiger charge is 2.30. The molecule has 1 heterocycles. The van der Waals surface area contributed by atoms with Gasteiger partial charge in [0.25, 0.3) is 0 Å². The molecule has 29 heavy (non-hydrogen) atoms. The van der Waals surface area contributed by atoms with Crippen molar-refractivity contribution in [1.82, 2.24) is 4.90 Å². The number of alkyl halides is 2. The van der Waals surface area contributed by atoms with Gasteiger partial charge in [-0.25, -0.2) is 0 Å². The minimum atomic E-state index is -2.96. The van der Waals surface area contributed by atoms with Gasteiger partial charge in [0.1, 0.15) is 5.75 Å². The van der Waals surface area contributed by atoms with E-state index in [1.807, 2.05) is 35.2 Å². The molecule has 0 radical (unpaired) electrons. The van der Waals surface area contributed by atoms with Gasteiger partial charge >= 0.3 is 6.61 Å². The van der Waals surface area contributed by atoms with Crippen LogP contribution in [0.15, 0.2) is 54.6 Å². The van der Waals surface area contributed by atoms with Crippen molar-refractivity contribution < 1.29 is 23.4 Å². The number of aliphatic hydroxyl groups is 1. The van der Waals surface area contributed by atoms with Gasteiger partial charge in [-0.1, -0.05) is 42.5 Å². The quantitative estimate of drug-likeness (QED) is 0.731. The van der Waals surface area contributed by atoms with Crippen LogP contribution in [-0.2, 0) is 4.79 Å². The number of carbonyl (C=O) groups is 1. The Labute approximate surface area is 169 Å². The van der Waals surface area contributed by atoms with Crippen LogP contribution in [0.2, 0.25) is 0 Å². The molecule has 0 aromatic heterocycles. The number of rotatable bonds is 7. The normalized spacial score (nSPS) is 17.7. The molecule has 1 amide bonds. The molecule has 2 unspecified atom stereocenters. The third kappa shape index (κ3) is 5.52. The molecular weight excluding hydrogens is 378 g/mol. The summed E-state index contributed by atoms with van der Waals surface area (Å²) in [6, 6.07) is 15.3. The molecule has 2 atom stereocenters. The lowest BCUT2D eigenvalue weighted by molar-refractivity contribution is -0.121. The number of carbonyl (C=O) groups excluding carboxylic acids is 1. The SMILES string of the molecule is CC(C(=O)Nc1ccccc1OC(F)F)N1CCC(C(O)c2ccccc2)CC1. The molecule has 0 spiro atoms. The molecule has 5 nitrogen and oxygen atoms in total. The lowest BCUT2D eigenvalue weighted by Gasteiger charge is -2.37. The van der Waals surface area contributed by atoms with Crippen LogP contribution in [0.5, 0.6) is 5.75 Å². The number of ether oxygens (including phenoxy) is 1. The molecule has 1 aliphatic rings. The monoisotopic (exact) mass is 404 g/mol. The lowest BCUT2D eigenvalue weighted by atomic mass is 9.87. The highest BCUT2D eigenvalue weighted by Crippen LogP contribution is 2.31. The van der Waals surface area contributed by atoms with Crippen molar-refractivity contribution in [2.24, 2.45) is 5.92 Å². The fraction of sp³-hybridized carbons (Fsp3) is 0.409. The summed E-state index contributed by atoms with van der Waals surface area (Å²) in [6.07, 6.45) is 1.04. The first-order chi connectivity index (χ1) is 14.0. The summed E-state index contributed by atoms with van der Waals surface area (Å²) in [6.45, 7) is 0.191. The van der Waals surface area contributed by atoms with Crippen LogP contribution in [-0.4, -0.2) is 41.7 Å². The Kier molecular flexibility index (Phi) is 7.17. The average Bonchev–Trinajstić information content (AvgIpc) is 2.74. The van der Waals surface area contributed by atoms with Gasteiger partial charge in [0.05, 0.1) is 17.8 Å². The number of halogens is 2. The number of hydrogen-bond donors (Lipinski definition) is 2. The molecule has 7 heteroatoms. The van der Waals surface area contributed by atoms with Crippen molar-refractivity contribution >= 4 is 11.6 Å². The van der Waals surface area contributed by atoms with Crippen molar-refractivity contribution in [2.75, 3.05) is 18.4 Å². The number of amides is 1. The fourth-order valence-electron chi connectivity index (χ4n) is 3.72. The molecular formula is C22H26F2N2O3. The molecule has 0 saturated carbocycles. The van der Waals surface area contributed by atoms with E-state index in [9.17, 15) is 18.7 Å². The predicted molar refractivity (Wildman–Crippen MR) is 107 cm³/mol. The first kappa shape index (κ1) is 21.2. The molecule has 1 aliphatic heterocycles. The second kappa shape index (κ2) is 9.80. The molecule has 156 valence electrons. The first-order valence-electron chi connectivity index (χ1n) is 9.77. The number of hydrogen-bond acceptors (Lipinski definition) is 4. The van der Waals surface area contributed by atoms with Crippen molar-refractivity contribution in [3.8, 4) is 5.75 Å². The van der Waals surface area contributed by atoms with Crippen molar-refractivity contribution in [3.05, 3.63) is 60.2 Å². The Balaban J connectivity index is 1.55. The number of nitrogens with zero attached hydrogens (tertiary/aromatic N) is 1. The average molecular weight is 404 g/mol. The maximum absolute atomic E-state index is 12.6. The van der Waals surface area contributed by atoms with Gasteiger partial charge in [-0.3, -0.25) is 9.69 Å². The fourth-order valence-corrected chi connectivity index (χ4v) is 3.72. The molecule has 2 aromatic carbocycles. The maximum Gasteiger partial charge on any atom is 0.387 e. The summed E-state index contributed by atoms with van der Waals surface area (Å²) in [7, 11) is 0.